The van der Waals surface area contributed by atoms with Crippen LogP contribution in [0.25, 0.3) is 0 Å². The van der Waals surface area contributed by atoms with E-state index in [1.54, 1.807) is 0 Å². The van der Waals surface area contributed by atoms with Gasteiger partial charge >= 0.3 is 0 Å². The first-order valence-electron chi connectivity index (χ1n) is 7.14. The molecule has 3 rings (SSSR count). The second-order valence-electron chi connectivity index (χ2n) is 5.25. The summed E-state index contributed by atoms with van der Waals surface area (Å²) in [7, 11) is 0. The first-order valence-corrected chi connectivity index (χ1v) is 7.14. The average molecular weight is 269 g/mol. The maximum absolute atomic E-state index is 12.2. The number of rotatable bonds is 4. The smallest absolute Gasteiger partial charge is 0.223 e. The summed E-state index contributed by atoms with van der Waals surface area (Å²) in [5.74, 6) is 1.26. The molecule has 0 saturated heterocycles. The van der Waals surface area contributed by atoms with Crippen LogP contribution >= 0.6 is 0 Å². The highest BCUT2D eigenvalue weighted by Gasteiger charge is 2.24. The molecule has 1 aromatic carbocycles. The Morgan fingerprint density at radius 3 is 3.05 bits per heavy atom. The van der Waals surface area contributed by atoms with Gasteiger partial charge in [0, 0.05) is 37.8 Å². The Hall–Kier alpha value is -2.10. The summed E-state index contributed by atoms with van der Waals surface area (Å²) < 4.78 is 2.13. The zero-order valence-electron chi connectivity index (χ0n) is 11.5. The Bertz CT molecular complexity index is 576. The van der Waals surface area contributed by atoms with Crippen LogP contribution in [0.2, 0.25) is 0 Å². The van der Waals surface area contributed by atoms with Crippen LogP contribution in [0.15, 0.2) is 42.7 Å². The van der Waals surface area contributed by atoms with Gasteiger partial charge in [0.15, 0.2) is 0 Å². The average Bonchev–Trinajstić information content (AvgIpc) is 2.95. The van der Waals surface area contributed by atoms with Crippen molar-refractivity contribution in [3.63, 3.8) is 0 Å². The number of amides is 1. The minimum atomic E-state index is 0.0701. The molecule has 1 aliphatic heterocycles. The van der Waals surface area contributed by atoms with E-state index >= 15 is 0 Å². The van der Waals surface area contributed by atoms with E-state index in [1.807, 2.05) is 30.6 Å². The monoisotopic (exact) mass is 269 g/mol. The van der Waals surface area contributed by atoms with Crippen molar-refractivity contribution in [3.05, 3.63) is 54.1 Å². The molecule has 1 aliphatic rings. The van der Waals surface area contributed by atoms with Crippen molar-refractivity contribution >= 4 is 5.91 Å². The topological polar surface area (TPSA) is 46.9 Å². The van der Waals surface area contributed by atoms with Gasteiger partial charge in [0.1, 0.15) is 5.82 Å². The molecule has 1 atom stereocenters. The lowest BCUT2D eigenvalue weighted by Crippen LogP contribution is -2.36. The van der Waals surface area contributed by atoms with Crippen LogP contribution in [-0.4, -0.2) is 22.0 Å². The van der Waals surface area contributed by atoms with Crippen molar-refractivity contribution in [2.24, 2.45) is 5.92 Å². The van der Waals surface area contributed by atoms with Gasteiger partial charge in [-0.15, -0.1) is 0 Å². The molecule has 0 spiro atoms. The second kappa shape index (κ2) is 5.90. The number of fused-ring (bicyclic) bond motifs is 1. The molecule has 4 nitrogen and oxygen atoms in total. The molecule has 4 heteroatoms. The lowest BCUT2D eigenvalue weighted by atomic mass is 9.97. The van der Waals surface area contributed by atoms with Gasteiger partial charge in [0.05, 0.1) is 0 Å². The summed E-state index contributed by atoms with van der Waals surface area (Å²) in [5.41, 5.74) is 1.26. The molecule has 2 heterocycles. The van der Waals surface area contributed by atoms with Crippen molar-refractivity contribution in [2.45, 2.75) is 25.8 Å². The predicted octanol–water partition coefficient (Wildman–Crippen LogP) is 1.80. The lowest BCUT2D eigenvalue weighted by Gasteiger charge is -2.22. The summed E-state index contributed by atoms with van der Waals surface area (Å²) >= 11 is 0. The number of nitrogens with zero attached hydrogens (tertiary/aromatic N) is 2. The van der Waals surface area contributed by atoms with Gasteiger partial charge in [-0.1, -0.05) is 30.3 Å². The maximum atomic E-state index is 12.2. The highest BCUT2D eigenvalue weighted by atomic mass is 16.1. The molecule has 2 aromatic rings. The molecule has 1 amide bonds. The van der Waals surface area contributed by atoms with Crippen molar-refractivity contribution < 1.29 is 4.79 Å². The Kier molecular flexibility index (Phi) is 3.81. The van der Waals surface area contributed by atoms with Crippen molar-refractivity contribution in [1.82, 2.24) is 14.9 Å². The second-order valence-corrected chi connectivity index (χ2v) is 5.25. The van der Waals surface area contributed by atoms with Gasteiger partial charge in [-0.25, -0.2) is 4.98 Å². The normalized spacial score (nSPS) is 17.5. The fourth-order valence-corrected chi connectivity index (χ4v) is 2.69. The zero-order chi connectivity index (χ0) is 13.8. The van der Waals surface area contributed by atoms with E-state index in [0.717, 1.165) is 31.6 Å². The van der Waals surface area contributed by atoms with Crippen LogP contribution in [0.4, 0.5) is 0 Å². The minimum Gasteiger partial charge on any atom is -0.356 e. The standard InChI is InChI=1S/C16H19N3O/c20-16(18-8-6-13-4-2-1-3-5-13)14-7-10-19-11-9-17-15(19)12-14/h1-5,9,11,14H,6-8,10,12H2,(H,18,20). The molecular weight excluding hydrogens is 250 g/mol. The van der Waals surface area contributed by atoms with Gasteiger partial charge < -0.3 is 9.88 Å². The van der Waals surface area contributed by atoms with E-state index in [4.69, 9.17) is 0 Å². The first kappa shape index (κ1) is 12.9. The number of nitrogens with one attached hydrogen (secondary N) is 1. The highest BCUT2D eigenvalue weighted by molar-refractivity contribution is 5.78. The Balaban J connectivity index is 1.48. The fraction of sp³-hybridized carbons (Fsp3) is 0.375. The molecule has 1 aromatic heterocycles. The largest absolute Gasteiger partial charge is 0.356 e. The predicted molar refractivity (Wildman–Crippen MR) is 77.2 cm³/mol. The first-order chi connectivity index (χ1) is 9.83. The van der Waals surface area contributed by atoms with Crippen LogP contribution in [0.5, 0.6) is 0 Å². The Morgan fingerprint density at radius 2 is 2.20 bits per heavy atom. The number of aromatic nitrogens is 2. The number of aryl methyl sites for hydroxylation is 1. The molecule has 0 bridgehead atoms. The number of carbonyl (C=O) groups excluding carboxylic acids is 1. The number of hydrogen-bond donors (Lipinski definition) is 1. The molecule has 1 unspecified atom stereocenters. The van der Waals surface area contributed by atoms with Crippen molar-refractivity contribution in [1.29, 1.82) is 0 Å². The van der Waals surface area contributed by atoms with Crippen LogP contribution in [0.3, 0.4) is 0 Å². The molecule has 0 aliphatic carbocycles. The van der Waals surface area contributed by atoms with Crippen LogP contribution < -0.4 is 5.32 Å². The third kappa shape index (κ3) is 2.90. The van der Waals surface area contributed by atoms with E-state index in [2.05, 4.69) is 27.0 Å². The molecule has 104 valence electrons. The van der Waals surface area contributed by atoms with E-state index in [9.17, 15) is 4.79 Å². The highest BCUT2D eigenvalue weighted by Crippen LogP contribution is 2.19. The Labute approximate surface area is 118 Å². The van der Waals surface area contributed by atoms with Crippen LogP contribution in [0.1, 0.15) is 17.8 Å². The lowest BCUT2D eigenvalue weighted by molar-refractivity contribution is -0.125. The van der Waals surface area contributed by atoms with Gasteiger partial charge in [0.25, 0.3) is 0 Å². The third-order valence-corrected chi connectivity index (χ3v) is 3.88. The zero-order valence-corrected chi connectivity index (χ0v) is 11.5. The van der Waals surface area contributed by atoms with E-state index in [-0.39, 0.29) is 11.8 Å². The molecule has 0 radical (unpaired) electrons. The molecular formula is C16H19N3O. The van der Waals surface area contributed by atoms with Gasteiger partial charge in [-0.2, -0.15) is 0 Å². The number of benzene rings is 1. The summed E-state index contributed by atoms with van der Waals surface area (Å²) in [6.07, 6.45) is 6.34. The minimum absolute atomic E-state index is 0.0701. The molecule has 0 fully saturated rings. The fourth-order valence-electron chi connectivity index (χ4n) is 2.69. The summed E-state index contributed by atoms with van der Waals surface area (Å²) in [6.45, 7) is 1.60. The third-order valence-electron chi connectivity index (χ3n) is 3.88. The van der Waals surface area contributed by atoms with Crippen LogP contribution in [-0.2, 0) is 24.2 Å². The van der Waals surface area contributed by atoms with Crippen LogP contribution in [0, 0.1) is 5.92 Å². The molecule has 20 heavy (non-hydrogen) atoms. The molecule has 1 N–H and O–H groups in total. The van der Waals surface area contributed by atoms with Gasteiger partial charge in [-0.05, 0) is 18.4 Å². The summed E-state index contributed by atoms with van der Waals surface area (Å²) in [4.78, 5) is 16.5. The van der Waals surface area contributed by atoms with Crippen molar-refractivity contribution in [2.75, 3.05) is 6.54 Å². The van der Waals surface area contributed by atoms with Gasteiger partial charge in [0.2, 0.25) is 5.91 Å². The number of hydrogen-bond acceptors (Lipinski definition) is 2. The van der Waals surface area contributed by atoms with E-state index in [0.29, 0.717) is 6.54 Å². The number of imidazole rings is 1. The Morgan fingerprint density at radius 1 is 1.35 bits per heavy atom. The maximum Gasteiger partial charge on any atom is 0.223 e. The number of carbonyl (C=O) groups is 1. The summed E-state index contributed by atoms with van der Waals surface area (Å²) in [6, 6.07) is 10.2. The van der Waals surface area contributed by atoms with Gasteiger partial charge in [-0.3, -0.25) is 4.79 Å². The quantitative estimate of drug-likeness (QED) is 0.920. The van der Waals surface area contributed by atoms with Crippen molar-refractivity contribution in [3.8, 4) is 0 Å². The van der Waals surface area contributed by atoms with E-state index in [1.165, 1.54) is 5.56 Å². The molecule has 0 saturated carbocycles. The SMILES string of the molecule is O=C(NCCc1ccccc1)C1CCn2ccnc2C1. The van der Waals surface area contributed by atoms with E-state index < -0.39 is 0 Å². The summed E-state index contributed by atoms with van der Waals surface area (Å²) in [5, 5.41) is 3.05.